The third-order valence-electron chi connectivity index (χ3n) is 5.29. The van der Waals surface area contributed by atoms with Crippen LogP contribution in [0, 0.1) is 0 Å². The van der Waals surface area contributed by atoms with Gasteiger partial charge >= 0.3 is 13.4 Å². The summed E-state index contributed by atoms with van der Waals surface area (Å²) in [6.07, 6.45) is 2.39. The van der Waals surface area contributed by atoms with Gasteiger partial charge in [-0.25, -0.2) is 0 Å². The Morgan fingerprint density at radius 2 is 1.00 bits per heavy atom. The van der Waals surface area contributed by atoms with Crippen molar-refractivity contribution in [2.24, 2.45) is 0 Å². The van der Waals surface area contributed by atoms with Gasteiger partial charge in [0.25, 0.3) is 0 Å². The van der Waals surface area contributed by atoms with Gasteiger partial charge in [-0.2, -0.15) is 0 Å². The smallest absolute Gasteiger partial charge is 0.472 e. The largest absolute Gasteiger partial charge is 0.516 e. The molecule has 4 N–H and O–H groups in total. The SMILES string of the molecule is CO[B-]1(OC)[NH2+]CC[C@H]1C.CO[B-]1(OC)[NH2+]CC[C@H]1C. The lowest BCUT2D eigenvalue weighted by Gasteiger charge is -2.31. The molecule has 2 rings (SSSR count). The summed E-state index contributed by atoms with van der Waals surface area (Å²) in [7, 11) is 6.90. The van der Waals surface area contributed by atoms with Crippen LogP contribution in [0.5, 0.6) is 0 Å². The predicted molar refractivity (Wildman–Crippen MR) is 81.2 cm³/mol. The molecule has 2 saturated heterocycles. The van der Waals surface area contributed by atoms with Gasteiger partial charge in [-0.3, -0.25) is 0 Å². The van der Waals surface area contributed by atoms with Crippen molar-refractivity contribution < 1.29 is 29.1 Å². The van der Waals surface area contributed by atoms with E-state index >= 15 is 0 Å². The summed E-state index contributed by atoms with van der Waals surface area (Å²) in [5.74, 6) is 1.10. The average molecular weight is 290 g/mol. The molecule has 2 aliphatic heterocycles. The zero-order chi connectivity index (χ0) is 15.2. The normalized spacial score (nSPS) is 30.9. The van der Waals surface area contributed by atoms with Crippen molar-refractivity contribution in [2.45, 2.75) is 38.3 Å². The van der Waals surface area contributed by atoms with E-state index in [0.29, 0.717) is 11.6 Å². The van der Waals surface area contributed by atoms with E-state index in [4.69, 9.17) is 18.6 Å². The lowest BCUT2D eigenvalue weighted by atomic mass is 9.61. The van der Waals surface area contributed by atoms with Crippen molar-refractivity contribution in [1.82, 2.24) is 0 Å². The van der Waals surface area contributed by atoms with Gasteiger partial charge in [-0.05, 0) is 52.9 Å². The number of rotatable bonds is 4. The maximum absolute atomic E-state index is 5.34. The first-order valence-electron chi connectivity index (χ1n) is 7.70. The Balaban J connectivity index is 0.000000200. The fourth-order valence-corrected chi connectivity index (χ4v) is 3.62. The van der Waals surface area contributed by atoms with Crippen LogP contribution in [0.1, 0.15) is 26.7 Å². The van der Waals surface area contributed by atoms with Gasteiger partial charge in [-0.15, -0.1) is 0 Å². The zero-order valence-electron chi connectivity index (χ0n) is 13.9. The molecule has 0 unspecified atom stereocenters. The van der Waals surface area contributed by atoms with E-state index in [1.807, 2.05) is 0 Å². The monoisotopic (exact) mass is 290 g/mol. The van der Waals surface area contributed by atoms with E-state index in [0.717, 1.165) is 13.1 Å². The summed E-state index contributed by atoms with van der Waals surface area (Å²) in [6, 6.07) is 0. The third-order valence-corrected chi connectivity index (χ3v) is 5.29. The Morgan fingerprint density at radius 3 is 1.10 bits per heavy atom. The van der Waals surface area contributed by atoms with Gasteiger partial charge in [0.15, 0.2) is 0 Å². The van der Waals surface area contributed by atoms with Crippen molar-refractivity contribution in [3.8, 4) is 0 Å². The van der Waals surface area contributed by atoms with Gasteiger partial charge in [0.1, 0.15) is 0 Å². The molecule has 0 aliphatic carbocycles. The van der Waals surface area contributed by atoms with Crippen LogP contribution in [0.2, 0.25) is 11.6 Å². The number of nitrogens with two attached hydrogens (primary N) is 2. The maximum Gasteiger partial charge on any atom is 0.472 e. The highest BCUT2D eigenvalue weighted by molar-refractivity contribution is 6.60. The van der Waals surface area contributed by atoms with Gasteiger partial charge in [0.05, 0.1) is 0 Å². The van der Waals surface area contributed by atoms with Crippen LogP contribution in [0.15, 0.2) is 0 Å². The topological polar surface area (TPSA) is 70.1 Å². The van der Waals surface area contributed by atoms with E-state index < -0.39 is 13.4 Å². The van der Waals surface area contributed by atoms with Crippen LogP contribution in [0.4, 0.5) is 0 Å². The molecule has 6 nitrogen and oxygen atoms in total. The first-order chi connectivity index (χ1) is 9.50. The van der Waals surface area contributed by atoms with E-state index in [1.165, 1.54) is 12.8 Å². The Morgan fingerprint density at radius 1 is 0.700 bits per heavy atom. The third kappa shape index (κ3) is 3.55. The lowest BCUT2D eigenvalue weighted by Crippen LogP contribution is -2.99. The summed E-state index contributed by atoms with van der Waals surface area (Å²) in [5, 5.41) is 4.34. The van der Waals surface area contributed by atoms with Crippen molar-refractivity contribution in [3.05, 3.63) is 0 Å². The minimum absolute atomic E-state index is 0.551. The molecule has 0 aromatic rings. The molecule has 0 saturated carbocycles. The summed E-state index contributed by atoms with van der Waals surface area (Å²) < 4.78 is 21.4. The lowest BCUT2D eigenvalue weighted by molar-refractivity contribution is -0.549. The van der Waals surface area contributed by atoms with Crippen molar-refractivity contribution >= 4 is 13.4 Å². The standard InChI is InChI=1S/2C6H16BNO2/c2*1-6-4-5-8-7(6,9-2)10-3/h2*6H,4-5,8H2,1-3H3/t2*6-/m11/s1. The molecule has 0 aromatic carbocycles. The summed E-state index contributed by atoms with van der Waals surface area (Å²) >= 11 is 0. The Bertz CT molecular complexity index is 261. The second-order valence-electron chi connectivity index (χ2n) is 6.19. The van der Waals surface area contributed by atoms with Gasteiger partial charge < -0.3 is 29.1 Å². The zero-order valence-corrected chi connectivity index (χ0v) is 13.9. The molecule has 0 bridgehead atoms. The Labute approximate surface area is 123 Å². The van der Waals surface area contributed by atoms with Gasteiger partial charge in [0.2, 0.25) is 0 Å². The summed E-state index contributed by atoms with van der Waals surface area (Å²) in [5.41, 5.74) is 0. The van der Waals surface area contributed by atoms with E-state index in [1.54, 1.807) is 28.4 Å². The molecule has 20 heavy (non-hydrogen) atoms. The highest BCUT2D eigenvalue weighted by Crippen LogP contribution is 2.23. The number of quaternary nitrogens is 2. The van der Waals surface area contributed by atoms with Crippen LogP contribution in [0.25, 0.3) is 0 Å². The van der Waals surface area contributed by atoms with E-state index in [9.17, 15) is 0 Å². The highest BCUT2D eigenvalue weighted by atomic mass is 16.6. The minimum atomic E-state index is -1.03. The van der Waals surface area contributed by atoms with Gasteiger partial charge in [0, 0.05) is 13.1 Å². The van der Waals surface area contributed by atoms with Crippen LogP contribution >= 0.6 is 0 Å². The molecule has 8 heteroatoms. The summed E-state index contributed by atoms with van der Waals surface area (Å²) in [6.45, 7) is 4.55. The van der Waals surface area contributed by atoms with E-state index in [2.05, 4.69) is 24.3 Å². The molecule has 0 amide bonds. The predicted octanol–water partition coefficient (Wildman–Crippen LogP) is -0.849. The first kappa shape index (κ1) is 17.9. The van der Waals surface area contributed by atoms with E-state index in [-0.39, 0.29) is 0 Å². The summed E-state index contributed by atoms with van der Waals surface area (Å²) in [4.78, 5) is 0. The molecule has 0 radical (unpaired) electrons. The minimum Gasteiger partial charge on any atom is -0.516 e. The van der Waals surface area contributed by atoms with Crippen LogP contribution in [-0.4, -0.2) is 54.9 Å². The fraction of sp³-hybridized carbons (Fsp3) is 1.00. The quantitative estimate of drug-likeness (QED) is 0.662. The molecule has 2 fully saturated rings. The van der Waals surface area contributed by atoms with Crippen molar-refractivity contribution in [2.75, 3.05) is 41.5 Å². The molecular formula is C12H32B2N2O4. The molecule has 2 heterocycles. The van der Waals surface area contributed by atoms with Crippen LogP contribution in [0.3, 0.4) is 0 Å². The molecule has 2 atom stereocenters. The first-order valence-corrected chi connectivity index (χ1v) is 7.70. The van der Waals surface area contributed by atoms with Gasteiger partial charge in [-0.1, -0.05) is 13.8 Å². The molecule has 2 aliphatic rings. The maximum atomic E-state index is 5.34. The van der Waals surface area contributed by atoms with Crippen molar-refractivity contribution in [1.29, 1.82) is 0 Å². The fourth-order valence-electron chi connectivity index (χ4n) is 3.62. The Hall–Kier alpha value is -0.110. The number of hydrogen-bond acceptors (Lipinski definition) is 4. The highest BCUT2D eigenvalue weighted by Gasteiger charge is 2.44. The second-order valence-corrected chi connectivity index (χ2v) is 6.19. The molecule has 120 valence electrons. The molecule has 0 spiro atoms. The number of hydrogen-bond donors (Lipinski definition) is 2. The molecule has 0 aromatic heterocycles. The Kier molecular flexibility index (Phi) is 6.97. The van der Waals surface area contributed by atoms with Crippen molar-refractivity contribution in [3.63, 3.8) is 0 Å². The van der Waals surface area contributed by atoms with Crippen LogP contribution in [-0.2, 0) is 18.6 Å². The molecular weight excluding hydrogens is 258 g/mol. The average Bonchev–Trinajstić information content (AvgIpc) is 3.03. The van der Waals surface area contributed by atoms with Crippen LogP contribution < -0.4 is 10.5 Å². The second kappa shape index (κ2) is 7.77.